The molecule has 0 fully saturated rings. The Kier molecular flexibility index (Phi) is 33.5. The van der Waals surface area contributed by atoms with Crippen molar-refractivity contribution in [3.05, 3.63) is 37.0 Å². The minimum absolute atomic E-state index is 1.19. The van der Waals surface area contributed by atoms with Crippen LogP contribution in [0.25, 0.3) is 0 Å². The topological polar surface area (TPSA) is 0 Å². The second-order valence-corrected chi connectivity index (χ2v) is 12.1. The lowest BCUT2D eigenvalue weighted by Crippen LogP contribution is -1.89. The lowest BCUT2D eigenvalue weighted by Gasteiger charge is -2.09. The predicted octanol–water partition coefficient (Wildman–Crippen LogP) is 14.4. The first-order chi connectivity index (χ1) is 18.8. The molecule has 0 heterocycles. The van der Waals surface area contributed by atoms with E-state index in [1.54, 1.807) is 5.57 Å². The van der Waals surface area contributed by atoms with Crippen molar-refractivity contribution in [2.24, 2.45) is 0 Å². The first kappa shape index (κ1) is 37.2. The summed E-state index contributed by atoms with van der Waals surface area (Å²) in [6, 6.07) is 0. The highest BCUT2D eigenvalue weighted by molar-refractivity contribution is 5.02. The van der Waals surface area contributed by atoms with Gasteiger partial charge < -0.3 is 0 Å². The van der Waals surface area contributed by atoms with E-state index in [-0.39, 0.29) is 0 Å². The van der Waals surface area contributed by atoms with Gasteiger partial charge in [0.1, 0.15) is 0 Å². The molecule has 0 nitrogen and oxygen atoms in total. The molecule has 0 aromatic carbocycles. The van der Waals surface area contributed by atoms with Gasteiger partial charge in [0.05, 0.1) is 0 Å². The molecule has 0 aliphatic carbocycles. The Morgan fingerprint density at radius 2 is 0.658 bits per heavy atom. The molecule has 0 aromatic heterocycles. The van der Waals surface area contributed by atoms with E-state index in [4.69, 9.17) is 0 Å². The van der Waals surface area contributed by atoms with Crippen molar-refractivity contribution in [2.75, 3.05) is 0 Å². The molecule has 0 radical (unpaired) electrons. The SMILES string of the molecule is C=CCCCCCCCCCCC(=CCCCCCCCCCCCCCCCC)CCCCCCC=C. The van der Waals surface area contributed by atoms with E-state index < -0.39 is 0 Å². The molecule has 0 saturated carbocycles. The van der Waals surface area contributed by atoms with Crippen molar-refractivity contribution in [2.45, 2.75) is 206 Å². The first-order valence-corrected chi connectivity index (χ1v) is 17.7. The molecule has 0 aromatic rings. The number of hydrogen-bond acceptors (Lipinski definition) is 0. The highest BCUT2D eigenvalue weighted by Crippen LogP contribution is 2.21. The Labute approximate surface area is 242 Å². The van der Waals surface area contributed by atoms with Crippen LogP contribution in [0.1, 0.15) is 206 Å². The molecule has 0 saturated heterocycles. The zero-order valence-corrected chi connectivity index (χ0v) is 26.6. The van der Waals surface area contributed by atoms with E-state index in [2.05, 4.69) is 38.3 Å². The summed E-state index contributed by atoms with van der Waals surface area (Å²) in [6.07, 6.45) is 50.4. The van der Waals surface area contributed by atoms with Crippen LogP contribution >= 0.6 is 0 Å². The third-order valence-corrected chi connectivity index (χ3v) is 8.30. The third-order valence-electron chi connectivity index (χ3n) is 8.30. The minimum Gasteiger partial charge on any atom is -0.103 e. The molecule has 0 unspecified atom stereocenters. The van der Waals surface area contributed by atoms with Crippen molar-refractivity contribution in [1.29, 1.82) is 0 Å². The standard InChI is InChI=1S/C38H72/c1-4-7-10-13-16-18-20-21-22-23-24-26-28-31-34-37-38(35-32-29-15-12-9-6-3)36-33-30-27-25-19-17-14-11-8-5-2/h5-6,37H,2-4,7-36H2,1H3. The summed E-state index contributed by atoms with van der Waals surface area (Å²) in [6.45, 7) is 9.99. The molecule has 0 spiro atoms. The normalized spacial score (nSPS) is 11.8. The summed E-state index contributed by atoms with van der Waals surface area (Å²) >= 11 is 0. The second kappa shape index (κ2) is 34.2. The van der Waals surface area contributed by atoms with Crippen molar-refractivity contribution < 1.29 is 0 Å². The Morgan fingerprint density at radius 3 is 1.00 bits per heavy atom. The van der Waals surface area contributed by atoms with E-state index in [1.165, 1.54) is 199 Å². The van der Waals surface area contributed by atoms with Crippen LogP contribution in [0.4, 0.5) is 0 Å². The smallest absolute Gasteiger partial charge is 0.0320 e. The molecular weight excluding hydrogens is 456 g/mol. The van der Waals surface area contributed by atoms with Crippen LogP contribution in [0.3, 0.4) is 0 Å². The molecule has 224 valence electrons. The maximum atomic E-state index is 3.86. The number of rotatable bonds is 33. The van der Waals surface area contributed by atoms with Crippen LogP contribution < -0.4 is 0 Å². The Hall–Kier alpha value is -0.780. The van der Waals surface area contributed by atoms with Crippen LogP contribution in [-0.4, -0.2) is 0 Å². The monoisotopic (exact) mass is 529 g/mol. The lowest BCUT2D eigenvalue weighted by atomic mass is 9.97. The van der Waals surface area contributed by atoms with Gasteiger partial charge in [0.25, 0.3) is 0 Å². The molecule has 0 N–H and O–H groups in total. The molecule has 38 heavy (non-hydrogen) atoms. The van der Waals surface area contributed by atoms with E-state index in [1.807, 2.05) is 0 Å². The van der Waals surface area contributed by atoms with Crippen LogP contribution in [0, 0.1) is 0 Å². The van der Waals surface area contributed by atoms with Gasteiger partial charge in [0, 0.05) is 0 Å². The van der Waals surface area contributed by atoms with Gasteiger partial charge in [-0.05, 0) is 64.2 Å². The summed E-state index contributed by atoms with van der Waals surface area (Å²) in [5.74, 6) is 0. The van der Waals surface area contributed by atoms with E-state index >= 15 is 0 Å². The molecular formula is C38H72. The molecule has 0 atom stereocenters. The average Bonchev–Trinajstić information content (AvgIpc) is 2.93. The summed E-state index contributed by atoms with van der Waals surface area (Å²) < 4.78 is 0. The fraction of sp³-hybridized carbons (Fsp3) is 0.842. The number of hydrogen-bond donors (Lipinski definition) is 0. The molecule has 0 heteroatoms. The fourth-order valence-electron chi connectivity index (χ4n) is 5.67. The summed E-state index contributed by atoms with van der Waals surface area (Å²) in [5.41, 5.74) is 1.79. The number of unbranched alkanes of at least 4 members (excludes halogenated alkanes) is 26. The van der Waals surface area contributed by atoms with Crippen molar-refractivity contribution >= 4 is 0 Å². The Balaban J connectivity index is 3.85. The van der Waals surface area contributed by atoms with Gasteiger partial charge in [-0.2, -0.15) is 0 Å². The second-order valence-electron chi connectivity index (χ2n) is 12.1. The van der Waals surface area contributed by atoms with Crippen LogP contribution in [0.2, 0.25) is 0 Å². The van der Waals surface area contributed by atoms with E-state index in [0.717, 1.165) is 0 Å². The van der Waals surface area contributed by atoms with Gasteiger partial charge in [-0.15, -0.1) is 13.2 Å². The maximum Gasteiger partial charge on any atom is -0.0320 e. The van der Waals surface area contributed by atoms with Gasteiger partial charge >= 0.3 is 0 Å². The van der Waals surface area contributed by atoms with Crippen LogP contribution in [0.5, 0.6) is 0 Å². The average molecular weight is 529 g/mol. The molecule has 0 amide bonds. The highest BCUT2D eigenvalue weighted by Gasteiger charge is 2.01. The molecule has 0 aliphatic rings. The molecule has 0 rings (SSSR count). The third kappa shape index (κ3) is 31.4. The first-order valence-electron chi connectivity index (χ1n) is 17.7. The highest BCUT2D eigenvalue weighted by atomic mass is 14.1. The largest absolute Gasteiger partial charge is 0.103 e. The van der Waals surface area contributed by atoms with Gasteiger partial charge in [0.15, 0.2) is 0 Å². The van der Waals surface area contributed by atoms with Gasteiger partial charge in [-0.3, -0.25) is 0 Å². The molecule has 0 bridgehead atoms. The summed E-state index contributed by atoms with van der Waals surface area (Å²) in [7, 11) is 0. The fourth-order valence-corrected chi connectivity index (χ4v) is 5.67. The summed E-state index contributed by atoms with van der Waals surface area (Å²) in [4.78, 5) is 0. The molecule has 0 aliphatic heterocycles. The van der Waals surface area contributed by atoms with Gasteiger partial charge in [-0.25, -0.2) is 0 Å². The van der Waals surface area contributed by atoms with Crippen molar-refractivity contribution in [3.63, 3.8) is 0 Å². The quantitative estimate of drug-likeness (QED) is 0.0586. The predicted molar refractivity (Wildman–Crippen MR) is 177 cm³/mol. The van der Waals surface area contributed by atoms with Crippen molar-refractivity contribution in [1.82, 2.24) is 0 Å². The van der Waals surface area contributed by atoms with Crippen molar-refractivity contribution in [3.8, 4) is 0 Å². The lowest BCUT2D eigenvalue weighted by molar-refractivity contribution is 0.535. The number of allylic oxidation sites excluding steroid dienone is 4. The summed E-state index contributed by atoms with van der Waals surface area (Å²) in [5, 5.41) is 0. The van der Waals surface area contributed by atoms with E-state index in [9.17, 15) is 0 Å². The zero-order chi connectivity index (χ0) is 27.6. The van der Waals surface area contributed by atoms with Gasteiger partial charge in [-0.1, -0.05) is 166 Å². The van der Waals surface area contributed by atoms with E-state index in [0.29, 0.717) is 0 Å². The van der Waals surface area contributed by atoms with Crippen LogP contribution in [-0.2, 0) is 0 Å². The minimum atomic E-state index is 1.19. The Bertz CT molecular complexity index is 484. The van der Waals surface area contributed by atoms with Gasteiger partial charge in [0.2, 0.25) is 0 Å². The zero-order valence-electron chi connectivity index (χ0n) is 26.6. The Morgan fingerprint density at radius 1 is 0.368 bits per heavy atom. The van der Waals surface area contributed by atoms with Crippen LogP contribution in [0.15, 0.2) is 37.0 Å². The maximum absolute atomic E-state index is 3.86.